The van der Waals surface area contributed by atoms with Gasteiger partial charge in [-0.05, 0) is 24.6 Å². The highest BCUT2D eigenvalue weighted by Gasteiger charge is 2.13. The Morgan fingerprint density at radius 1 is 1.37 bits per heavy atom. The Bertz CT molecular complexity index is 975. The molecule has 0 aliphatic carbocycles. The van der Waals surface area contributed by atoms with Crippen LogP contribution >= 0.6 is 15.9 Å². The van der Waals surface area contributed by atoms with Crippen molar-refractivity contribution in [2.24, 2.45) is 0 Å². The minimum Gasteiger partial charge on any atom is -0.356 e. The third-order valence-corrected chi connectivity index (χ3v) is 5.97. The summed E-state index contributed by atoms with van der Waals surface area (Å²) in [5.74, 6) is -0.196. The summed E-state index contributed by atoms with van der Waals surface area (Å²) in [5, 5.41) is 3.24. The Kier molecular flexibility index (Phi) is 7.51. The molecule has 27 heavy (non-hydrogen) atoms. The second-order valence-corrected chi connectivity index (χ2v) is 9.01. The van der Waals surface area contributed by atoms with Gasteiger partial charge >= 0.3 is 0 Å². The zero-order chi connectivity index (χ0) is 20.0. The van der Waals surface area contributed by atoms with E-state index in [0.717, 1.165) is 4.47 Å². The third-order valence-electron chi connectivity index (χ3n) is 4.09. The van der Waals surface area contributed by atoms with E-state index in [1.165, 1.54) is 21.5 Å². The molecule has 1 amide bonds. The van der Waals surface area contributed by atoms with E-state index < -0.39 is 10.0 Å². The second kappa shape index (κ2) is 9.43. The van der Waals surface area contributed by atoms with Crippen LogP contribution in [-0.4, -0.2) is 54.1 Å². The zero-order valence-corrected chi connectivity index (χ0v) is 17.7. The van der Waals surface area contributed by atoms with Gasteiger partial charge in [-0.25, -0.2) is 17.7 Å². The van der Waals surface area contributed by atoms with Crippen molar-refractivity contribution in [1.82, 2.24) is 19.2 Å². The van der Waals surface area contributed by atoms with Gasteiger partial charge in [0, 0.05) is 37.1 Å². The fraction of sp³-hybridized carbons (Fsp3) is 0.471. The van der Waals surface area contributed by atoms with E-state index >= 15 is 0 Å². The first-order chi connectivity index (χ1) is 12.7. The van der Waals surface area contributed by atoms with E-state index in [9.17, 15) is 18.0 Å². The summed E-state index contributed by atoms with van der Waals surface area (Å²) < 4.78 is 26.6. The van der Waals surface area contributed by atoms with Crippen molar-refractivity contribution >= 4 is 42.8 Å². The summed E-state index contributed by atoms with van der Waals surface area (Å²) in [6.07, 6.45) is 3.28. The summed E-state index contributed by atoms with van der Waals surface area (Å²) in [4.78, 5) is 28.7. The Labute approximate surface area is 166 Å². The van der Waals surface area contributed by atoms with Gasteiger partial charge in [0.1, 0.15) is 0 Å². The molecule has 0 saturated heterocycles. The summed E-state index contributed by atoms with van der Waals surface area (Å²) >= 11 is 3.33. The van der Waals surface area contributed by atoms with Gasteiger partial charge in [-0.2, -0.15) is 0 Å². The van der Waals surface area contributed by atoms with Crippen LogP contribution in [0.1, 0.15) is 19.8 Å². The van der Waals surface area contributed by atoms with Crippen LogP contribution in [0.3, 0.4) is 0 Å². The molecule has 8 nitrogen and oxygen atoms in total. The number of sulfonamides is 1. The standard InChI is InChI=1S/C17H23BrN4O4S/c1-3-22(27(2,25)26)9-4-8-19-16(23)7-10-21-12-20-15-6-5-13(18)11-14(15)17(21)24/h5-6,11-12H,3-4,7-10H2,1-2H3,(H,19,23). The fourth-order valence-electron chi connectivity index (χ4n) is 2.64. The van der Waals surface area contributed by atoms with Gasteiger partial charge in [-0.15, -0.1) is 0 Å². The van der Waals surface area contributed by atoms with Crippen LogP contribution in [0.25, 0.3) is 10.9 Å². The average Bonchev–Trinajstić information content (AvgIpc) is 2.60. The number of nitrogens with zero attached hydrogens (tertiary/aromatic N) is 3. The van der Waals surface area contributed by atoms with Gasteiger partial charge in [0.2, 0.25) is 15.9 Å². The van der Waals surface area contributed by atoms with E-state index in [4.69, 9.17) is 0 Å². The Morgan fingerprint density at radius 2 is 2.11 bits per heavy atom. The predicted molar refractivity (Wildman–Crippen MR) is 108 cm³/mol. The molecule has 0 spiro atoms. The van der Waals surface area contributed by atoms with Crippen molar-refractivity contribution in [3.63, 3.8) is 0 Å². The maximum absolute atomic E-state index is 12.5. The van der Waals surface area contributed by atoms with E-state index in [0.29, 0.717) is 37.0 Å². The number of halogens is 1. The van der Waals surface area contributed by atoms with E-state index in [1.54, 1.807) is 19.1 Å². The third kappa shape index (κ3) is 6.12. The van der Waals surface area contributed by atoms with Gasteiger partial charge in [0.15, 0.2) is 0 Å². The van der Waals surface area contributed by atoms with Crippen LogP contribution in [0, 0.1) is 0 Å². The molecule has 0 atom stereocenters. The van der Waals surface area contributed by atoms with Crippen molar-refractivity contribution in [1.29, 1.82) is 0 Å². The lowest BCUT2D eigenvalue weighted by atomic mass is 10.2. The molecule has 0 unspecified atom stereocenters. The minimum absolute atomic E-state index is 0.144. The van der Waals surface area contributed by atoms with Crippen molar-refractivity contribution in [3.05, 3.63) is 39.4 Å². The van der Waals surface area contributed by atoms with Gasteiger partial charge in [0.25, 0.3) is 5.56 Å². The van der Waals surface area contributed by atoms with Crippen LogP contribution in [-0.2, 0) is 21.4 Å². The minimum atomic E-state index is -3.22. The first-order valence-electron chi connectivity index (χ1n) is 8.59. The Hall–Kier alpha value is -1.78. The SMILES string of the molecule is CCN(CCCNC(=O)CCn1cnc2ccc(Br)cc2c1=O)S(C)(=O)=O. The number of benzene rings is 1. The van der Waals surface area contributed by atoms with E-state index in [1.807, 2.05) is 6.07 Å². The highest BCUT2D eigenvalue weighted by atomic mass is 79.9. The van der Waals surface area contributed by atoms with Crippen LogP contribution in [0.2, 0.25) is 0 Å². The maximum Gasteiger partial charge on any atom is 0.261 e. The molecule has 1 aromatic carbocycles. The highest BCUT2D eigenvalue weighted by molar-refractivity contribution is 9.10. The maximum atomic E-state index is 12.5. The van der Waals surface area contributed by atoms with Crippen LogP contribution in [0.5, 0.6) is 0 Å². The summed E-state index contributed by atoms with van der Waals surface area (Å²) in [6.45, 7) is 3.14. The summed E-state index contributed by atoms with van der Waals surface area (Å²) in [7, 11) is -3.22. The number of rotatable bonds is 9. The van der Waals surface area contributed by atoms with Gasteiger partial charge in [-0.3, -0.25) is 14.2 Å². The molecule has 10 heteroatoms. The Balaban J connectivity index is 1.85. The lowest BCUT2D eigenvalue weighted by molar-refractivity contribution is -0.121. The first-order valence-corrected chi connectivity index (χ1v) is 11.2. The smallest absolute Gasteiger partial charge is 0.261 e. The molecule has 148 valence electrons. The number of aryl methyl sites for hydroxylation is 1. The van der Waals surface area contributed by atoms with Crippen LogP contribution < -0.4 is 10.9 Å². The van der Waals surface area contributed by atoms with Crippen LogP contribution in [0.4, 0.5) is 0 Å². The number of nitrogens with one attached hydrogen (secondary N) is 1. The van der Waals surface area contributed by atoms with Crippen molar-refractivity contribution in [2.45, 2.75) is 26.3 Å². The average molecular weight is 459 g/mol. The van der Waals surface area contributed by atoms with Gasteiger partial charge < -0.3 is 5.32 Å². The van der Waals surface area contributed by atoms with Crippen molar-refractivity contribution in [2.75, 3.05) is 25.9 Å². The summed E-state index contributed by atoms with van der Waals surface area (Å²) in [5.41, 5.74) is 0.413. The molecule has 2 rings (SSSR count). The molecule has 1 heterocycles. The zero-order valence-electron chi connectivity index (χ0n) is 15.3. The molecule has 2 aromatic rings. The molecular weight excluding hydrogens is 436 g/mol. The topological polar surface area (TPSA) is 101 Å². The van der Waals surface area contributed by atoms with Gasteiger partial charge in [-0.1, -0.05) is 22.9 Å². The Morgan fingerprint density at radius 3 is 2.78 bits per heavy atom. The van der Waals surface area contributed by atoms with Crippen molar-refractivity contribution < 1.29 is 13.2 Å². The molecule has 0 radical (unpaired) electrons. The number of carbonyl (C=O) groups excluding carboxylic acids is 1. The number of fused-ring (bicyclic) bond motifs is 1. The lowest BCUT2D eigenvalue weighted by Gasteiger charge is -2.17. The molecule has 0 aliphatic heterocycles. The molecule has 0 bridgehead atoms. The number of hydrogen-bond acceptors (Lipinski definition) is 5. The largest absolute Gasteiger partial charge is 0.356 e. The molecule has 0 fully saturated rings. The van der Waals surface area contributed by atoms with E-state index in [2.05, 4.69) is 26.2 Å². The first kappa shape index (κ1) is 21.5. The van der Waals surface area contributed by atoms with Crippen LogP contribution in [0.15, 0.2) is 33.8 Å². The molecule has 1 N–H and O–H groups in total. The normalized spacial score (nSPS) is 11.9. The monoisotopic (exact) mass is 458 g/mol. The van der Waals surface area contributed by atoms with E-state index in [-0.39, 0.29) is 24.4 Å². The fourth-order valence-corrected chi connectivity index (χ4v) is 3.93. The number of amides is 1. The lowest BCUT2D eigenvalue weighted by Crippen LogP contribution is -2.34. The molecular formula is C17H23BrN4O4S. The summed E-state index contributed by atoms with van der Waals surface area (Å²) in [6, 6.07) is 5.28. The quantitative estimate of drug-likeness (QED) is 0.571. The predicted octanol–water partition coefficient (Wildman–Crippen LogP) is 1.34. The van der Waals surface area contributed by atoms with Gasteiger partial charge in [0.05, 0.1) is 23.5 Å². The number of carbonyl (C=O) groups is 1. The molecule has 0 aliphatic rings. The second-order valence-electron chi connectivity index (χ2n) is 6.11. The number of hydrogen-bond donors (Lipinski definition) is 1. The highest BCUT2D eigenvalue weighted by Crippen LogP contribution is 2.14. The number of aromatic nitrogens is 2. The molecule has 1 aromatic heterocycles. The van der Waals surface area contributed by atoms with Crippen molar-refractivity contribution in [3.8, 4) is 0 Å². The molecule has 0 saturated carbocycles.